The van der Waals surface area contributed by atoms with Gasteiger partial charge in [-0.3, -0.25) is 4.79 Å². The average molecular weight is 421 g/mol. The van der Waals surface area contributed by atoms with Crippen LogP contribution in [0.25, 0.3) is 0 Å². The molecule has 0 heterocycles. The number of sulfonamides is 1. The van der Waals surface area contributed by atoms with Gasteiger partial charge in [0.15, 0.2) is 0 Å². The van der Waals surface area contributed by atoms with Crippen molar-refractivity contribution in [2.75, 3.05) is 18.9 Å². The third-order valence-corrected chi connectivity index (χ3v) is 5.80. The third-order valence-electron chi connectivity index (χ3n) is 3.65. The Balaban J connectivity index is 2.12. The van der Waals surface area contributed by atoms with Crippen molar-refractivity contribution in [3.63, 3.8) is 0 Å². The summed E-state index contributed by atoms with van der Waals surface area (Å²) in [6, 6.07) is 8.95. The first-order valence-corrected chi connectivity index (χ1v) is 9.42. The fourth-order valence-electron chi connectivity index (χ4n) is 2.20. The van der Waals surface area contributed by atoms with Gasteiger partial charge in [-0.15, -0.1) is 0 Å². The van der Waals surface area contributed by atoms with Crippen molar-refractivity contribution >= 4 is 33.2 Å². The van der Waals surface area contributed by atoms with Gasteiger partial charge in [-0.05, 0) is 37.3 Å². The van der Waals surface area contributed by atoms with E-state index in [0.717, 1.165) is 15.9 Å². The standard InChI is InChI=1S/C17H16ClF3N2O3S/c1-11-3-6-13(7-4-11)27(25,26)23(2)10-16(24)22-12-5-8-15(18)14(9-12)17(19,20)21/h3-9H,10H2,1-2H3,(H,22,24). The van der Waals surface area contributed by atoms with Gasteiger partial charge < -0.3 is 5.32 Å². The summed E-state index contributed by atoms with van der Waals surface area (Å²) in [7, 11) is -2.70. The number of alkyl halides is 3. The minimum absolute atomic E-state index is 0.00857. The molecule has 0 saturated heterocycles. The molecule has 2 rings (SSSR count). The van der Waals surface area contributed by atoms with Gasteiger partial charge in [0.2, 0.25) is 15.9 Å². The molecule has 0 fully saturated rings. The molecule has 0 spiro atoms. The Morgan fingerprint density at radius 1 is 1.15 bits per heavy atom. The lowest BCUT2D eigenvalue weighted by Gasteiger charge is -2.17. The molecule has 2 aromatic carbocycles. The lowest BCUT2D eigenvalue weighted by atomic mass is 10.2. The van der Waals surface area contributed by atoms with Crippen molar-refractivity contribution in [3.8, 4) is 0 Å². The van der Waals surface area contributed by atoms with E-state index < -0.39 is 39.2 Å². The van der Waals surface area contributed by atoms with Gasteiger partial charge in [0.1, 0.15) is 0 Å². The number of rotatable bonds is 5. The van der Waals surface area contributed by atoms with Crippen LogP contribution in [-0.2, 0) is 21.0 Å². The first-order valence-electron chi connectivity index (χ1n) is 7.61. The summed E-state index contributed by atoms with van der Waals surface area (Å²) in [5, 5.41) is 1.74. The van der Waals surface area contributed by atoms with Crippen molar-refractivity contribution < 1.29 is 26.4 Å². The molecular formula is C17H16ClF3N2O3S. The molecular weight excluding hydrogens is 405 g/mol. The zero-order chi connectivity index (χ0) is 20.4. The highest BCUT2D eigenvalue weighted by Crippen LogP contribution is 2.36. The van der Waals surface area contributed by atoms with E-state index in [0.29, 0.717) is 6.07 Å². The first kappa shape index (κ1) is 21.2. The Morgan fingerprint density at radius 2 is 1.74 bits per heavy atom. The second kappa shape index (κ2) is 7.87. The largest absolute Gasteiger partial charge is 0.417 e. The zero-order valence-electron chi connectivity index (χ0n) is 14.3. The van der Waals surface area contributed by atoms with Gasteiger partial charge in [-0.2, -0.15) is 17.5 Å². The molecule has 2 aromatic rings. The molecule has 5 nitrogen and oxygen atoms in total. The van der Waals surface area contributed by atoms with Gasteiger partial charge in [-0.1, -0.05) is 29.3 Å². The molecule has 0 bridgehead atoms. The summed E-state index contributed by atoms with van der Waals surface area (Å²) < 4.78 is 64.3. The molecule has 146 valence electrons. The quantitative estimate of drug-likeness (QED) is 0.797. The first-order chi connectivity index (χ1) is 12.4. The molecule has 0 aliphatic heterocycles. The predicted octanol–water partition coefficient (Wildman–Crippen LogP) is 3.93. The lowest BCUT2D eigenvalue weighted by Crippen LogP contribution is -2.35. The second-order valence-corrected chi connectivity index (χ2v) is 8.27. The number of nitrogens with zero attached hydrogens (tertiary/aromatic N) is 1. The van der Waals surface area contributed by atoms with Crippen LogP contribution in [0.4, 0.5) is 18.9 Å². The molecule has 1 amide bonds. The van der Waals surface area contributed by atoms with Crippen LogP contribution < -0.4 is 5.32 Å². The second-order valence-electron chi connectivity index (χ2n) is 5.81. The minimum Gasteiger partial charge on any atom is -0.325 e. The molecule has 0 unspecified atom stereocenters. The van der Waals surface area contributed by atoms with Crippen LogP contribution in [-0.4, -0.2) is 32.2 Å². The summed E-state index contributed by atoms with van der Waals surface area (Å²) in [5.74, 6) is -0.788. The van der Waals surface area contributed by atoms with Gasteiger partial charge >= 0.3 is 6.18 Å². The van der Waals surface area contributed by atoms with Crippen molar-refractivity contribution in [2.45, 2.75) is 18.0 Å². The number of nitrogens with one attached hydrogen (secondary N) is 1. The highest BCUT2D eigenvalue weighted by atomic mass is 35.5. The number of hydrogen-bond acceptors (Lipinski definition) is 3. The smallest absolute Gasteiger partial charge is 0.325 e. The summed E-state index contributed by atoms with van der Waals surface area (Å²) in [4.78, 5) is 12.1. The van der Waals surface area contributed by atoms with E-state index in [1.54, 1.807) is 19.1 Å². The number of aryl methyl sites for hydroxylation is 1. The number of hydrogen-bond donors (Lipinski definition) is 1. The van der Waals surface area contributed by atoms with Crippen molar-refractivity contribution in [3.05, 3.63) is 58.6 Å². The van der Waals surface area contributed by atoms with E-state index in [-0.39, 0.29) is 10.6 Å². The molecule has 0 saturated carbocycles. The molecule has 0 aromatic heterocycles. The monoisotopic (exact) mass is 420 g/mol. The number of halogens is 4. The average Bonchev–Trinajstić information content (AvgIpc) is 2.55. The highest BCUT2D eigenvalue weighted by Gasteiger charge is 2.33. The van der Waals surface area contributed by atoms with Crippen LogP contribution >= 0.6 is 11.6 Å². The van der Waals surface area contributed by atoms with E-state index >= 15 is 0 Å². The van der Waals surface area contributed by atoms with Crippen molar-refractivity contribution in [1.82, 2.24) is 4.31 Å². The maximum Gasteiger partial charge on any atom is 0.417 e. The van der Waals surface area contributed by atoms with Gasteiger partial charge in [0, 0.05) is 12.7 Å². The van der Waals surface area contributed by atoms with E-state index in [1.807, 2.05) is 0 Å². The maximum absolute atomic E-state index is 12.9. The molecule has 0 radical (unpaired) electrons. The normalized spacial score (nSPS) is 12.3. The van der Waals surface area contributed by atoms with Crippen LogP contribution in [0.15, 0.2) is 47.4 Å². The Kier molecular flexibility index (Phi) is 6.18. The van der Waals surface area contributed by atoms with E-state index in [4.69, 9.17) is 11.6 Å². The number of amides is 1. The highest BCUT2D eigenvalue weighted by molar-refractivity contribution is 7.89. The zero-order valence-corrected chi connectivity index (χ0v) is 15.9. The Labute approximate surface area is 159 Å². The number of carbonyl (C=O) groups is 1. The Hall–Kier alpha value is -2.10. The van der Waals surface area contributed by atoms with Gasteiger partial charge in [0.25, 0.3) is 0 Å². The molecule has 0 atom stereocenters. The van der Waals surface area contributed by atoms with Crippen LogP contribution in [0.1, 0.15) is 11.1 Å². The molecule has 1 N–H and O–H groups in total. The number of anilines is 1. The summed E-state index contributed by atoms with van der Waals surface area (Å²) in [5.41, 5.74) is -0.363. The third kappa shape index (κ3) is 5.21. The van der Waals surface area contributed by atoms with E-state index in [9.17, 15) is 26.4 Å². The predicted molar refractivity (Wildman–Crippen MR) is 96.1 cm³/mol. The van der Waals surface area contributed by atoms with Crippen LogP contribution in [0.2, 0.25) is 5.02 Å². The SMILES string of the molecule is Cc1ccc(S(=O)(=O)N(C)CC(=O)Nc2ccc(Cl)c(C(F)(F)F)c2)cc1. The topological polar surface area (TPSA) is 66.5 Å². The number of benzene rings is 2. The fraction of sp³-hybridized carbons (Fsp3) is 0.235. The molecule has 0 aliphatic carbocycles. The molecule has 27 heavy (non-hydrogen) atoms. The van der Waals surface area contributed by atoms with Crippen molar-refractivity contribution in [1.29, 1.82) is 0 Å². The van der Waals surface area contributed by atoms with E-state index in [2.05, 4.69) is 5.32 Å². The maximum atomic E-state index is 12.9. The van der Waals surface area contributed by atoms with Crippen LogP contribution in [0.3, 0.4) is 0 Å². The molecule has 0 aliphatic rings. The molecule has 10 heteroatoms. The van der Waals surface area contributed by atoms with Crippen LogP contribution in [0.5, 0.6) is 0 Å². The van der Waals surface area contributed by atoms with Gasteiger partial charge in [0.05, 0.1) is 22.0 Å². The Bertz CT molecular complexity index is 945. The summed E-state index contributed by atoms with van der Waals surface area (Å²) >= 11 is 5.52. The van der Waals surface area contributed by atoms with Crippen LogP contribution in [0, 0.1) is 6.92 Å². The minimum atomic E-state index is -4.68. The lowest BCUT2D eigenvalue weighted by molar-refractivity contribution is -0.137. The fourth-order valence-corrected chi connectivity index (χ4v) is 3.55. The number of carbonyl (C=O) groups excluding carboxylic acids is 1. The Morgan fingerprint density at radius 3 is 2.30 bits per heavy atom. The van der Waals surface area contributed by atoms with Gasteiger partial charge in [-0.25, -0.2) is 8.42 Å². The van der Waals surface area contributed by atoms with Crippen molar-refractivity contribution in [2.24, 2.45) is 0 Å². The summed E-state index contributed by atoms with van der Waals surface area (Å²) in [6.07, 6.45) is -4.68. The summed E-state index contributed by atoms with van der Waals surface area (Å²) in [6.45, 7) is 1.23. The van der Waals surface area contributed by atoms with E-state index in [1.165, 1.54) is 25.2 Å². The number of likely N-dealkylation sites (N-methyl/N-ethyl adjacent to an activating group) is 1.